The third-order valence-electron chi connectivity index (χ3n) is 7.05. The van der Waals surface area contributed by atoms with Gasteiger partial charge in [-0.2, -0.15) is 0 Å². The van der Waals surface area contributed by atoms with E-state index in [4.69, 9.17) is 30.8 Å². The summed E-state index contributed by atoms with van der Waals surface area (Å²) in [6.45, 7) is 10.4. The third-order valence-corrected chi connectivity index (χ3v) is 7.35. The molecule has 0 aliphatic carbocycles. The van der Waals surface area contributed by atoms with Crippen LogP contribution in [0.25, 0.3) is 11.4 Å². The van der Waals surface area contributed by atoms with Gasteiger partial charge in [-0.3, -0.25) is 4.90 Å². The van der Waals surface area contributed by atoms with Gasteiger partial charge in [0.1, 0.15) is 24.8 Å². The molecule has 1 unspecified atom stereocenters. The second kappa shape index (κ2) is 12.6. The SMILES string of the molecule is CCCn1c(-c2ccccc2)nc(Cl)c1CN(Cc1cccc(OCC)c1)C(C)c1ccc2c(c1)OCCO2. The molecule has 1 atom stereocenters. The molecule has 4 aromatic rings. The minimum Gasteiger partial charge on any atom is -0.494 e. The summed E-state index contributed by atoms with van der Waals surface area (Å²) in [6, 6.07) is 24.9. The van der Waals surface area contributed by atoms with Gasteiger partial charge in [-0.25, -0.2) is 4.98 Å². The first-order valence-electron chi connectivity index (χ1n) is 13.7. The Labute approximate surface area is 236 Å². The highest BCUT2D eigenvalue weighted by molar-refractivity contribution is 6.30. The van der Waals surface area contributed by atoms with Gasteiger partial charge in [0, 0.05) is 31.2 Å². The quantitative estimate of drug-likeness (QED) is 0.195. The van der Waals surface area contributed by atoms with Gasteiger partial charge in [-0.15, -0.1) is 0 Å². The maximum Gasteiger partial charge on any atom is 0.161 e. The van der Waals surface area contributed by atoms with E-state index in [2.05, 4.69) is 65.8 Å². The van der Waals surface area contributed by atoms with Crippen LogP contribution in [-0.4, -0.2) is 34.3 Å². The molecular weight excluding hydrogens is 510 g/mol. The van der Waals surface area contributed by atoms with E-state index < -0.39 is 0 Å². The lowest BCUT2D eigenvalue weighted by Gasteiger charge is -2.31. The third kappa shape index (κ3) is 6.23. The number of imidazole rings is 1. The van der Waals surface area contributed by atoms with Crippen molar-refractivity contribution in [1.29, 1.82) is 0 Å². The van der Waals surface area contributed by atoms with Crippen molar-refractivity contribution in [1.82, 2.24) is 14.5 Å². The molecule has 2 heterocycles. The molecule has 0 saturated carbocycles. The van der Waals surface area contributed by atoms with Gasteiger partial charge >= 0.3 is 0 Å². The van der Waals surface area contributed by atoms with Crippen LogP contribution in [0.3, 0.4) is 0 Å². The van der Waals surface area contributed by atoms with Gasteiger partial charge in [-0.1, -0.05) is 67.1 Å². The monoisotopic (exact) mass is 545 g/mol. The van der Waals surface area contributed by atoms with Crippen LogP contribution in [0.15, 0.2) is 72.8 Å². The maximum atomic E-state index is 6.88. The molecule has 1 aromatic heterocycles. The smallest absolute Gasteiger partial charge is 0.161 e. The molecular formula is C32H36ClN3O3. The van der Waals surface area contributed by atoms with Crippen molar-refractivity contribution in [3.63, 3.8) is 0 Å². The van der Waals surface area contributed by atoms with E-state index in [9.17, 15) is 0 Å². The van der Waals surface area contributed by atoms with Gasteiger partial charge in [0.05, 0.1) is 12.3 Å². The largest absolute Gasteiger partial charge is 0.494 e. The van der Waals surface area contributed by atoms with Crippen molar-refractivity contribution < 1.29 is 14.2 Å². The molecule has 1 aliphatic rings. The Morgan fingerprint density at radius 2 is 1.74 bits per heavy atom. The number of fused-ring (bicyclic) bond motifs is 1. The number of hydrogen-bond acceptors (Lipinski definition) is 5. The summed E-state index contributed by atoms with van der Waals surface area (Å²) in [5.41, 5.74) is 4.41. The average Bonchev–Trinajstić information content (AvgIpc) is 3.27. The first kappa shape index (κ1) is 27.1. The van der Waals surface area contributed by atoms with Crippen LogP contribution in [-0.2, 0) is 19.6 Å². The second-order valence-electron chi connectivity index (χ2n) is 9.76. The summed E-state index contributed by atoms with van der Waals surface area (Å²) in [7, 11) is 0. The van der Waals surface area contributed by atoms with Gasteiger partial charge < -0.3 is 18.8 Å². The average molecular weight is 546 g/mol. The van der Waals surface area contributed by atoms with Crippen molar-refractivity contribution in [3.05, 3.63) is 94.8 Å². The van der Waals surface area contributed by atoms with Crippen LogP contribution in [0, 0.1) is 0 Å². The molecule has 0 radical (unpaired) electrons. The van der Waals surface area contributed by atoms with Crippen LogP contribution in [0.5, 0.6) is 17.2 Å². The van der Waals surface area contributed by atoms with Crippen LogP contribution in [0.4, 0.5) is 0 Å². The van der Waals surface area contributed by atoms with E-state index in [1.165, 1.54) is 5.56 Å². The molecule has 0 N–H and O–H groups in total. The Balaban J connectivity index is 1.52. The Bertz CT molecular complexity index is 1390. The highest BCUT2D eigenvalue weighted by Gasteiger charge is 2.24. The fourth-order valence-corrected chi connectivity index (χ4v) is 5.31. The molecule has 0 amide bonds. The predicted octanol–water partition coefficient (Wildman–Crippen LogP) is 7.55. The first-order valence-corrected chi connectivity index (χ1v) is 14.1. The fourth-order valence-electron chi connectivity index (χ4n) is 5.07. The van der Waals surface area contributed by atoms with Gasteiger partial charge in [0.15, 0.2) is 16.7 Å². The molecule has 0 spiro atoms. The second-order valence-corrected chi connectivity index (χ2v) is 10.1. The standard InChI is InChI=1S/C32H36ClN3O3/c1-4-16-36-28(31(33)34-32(36)25-11-7-6-8-12-25)22-35(21-24-10-9-13-27(19-24)37-5-2)23(3)26-14-15-29-30(20-26)39-18-17-38-29/h6-15,19-20,23H,4-5,16-18,21-22H2,1-3H3. The zero-order valence-electron chi connectivity index (χ0n) is 22.9. The van der Waals surface area contributed by atoms with Crippen molar-refractivity contribution in [2.45, 2.75) is 52.9 Å². The molecule has 3 aromatic carbocycles. The first-order chi connectivity index (χ1) is 19.1. The van der Waals surface area contributed by atoms with E-state index in [0.717, 1.165) is 52.9 Å². The Kier molecular flexibility index (Phi) is 8.74. The molecule has 0 bridgehead atoms. The lowest BCUT2D eigenvalue weighted by molar-refractivity contribution is 0.168. The van der Waals surface area contributed by atoms with Crippen LogP contribution in [0.1, 0.15) is 50.1 Å². The van der Waals surface area contributed by atoms with E-state index in [-0.39, 0.29) is 6.04 Å². The summed E-state index contributed by atoms with van der Waals surface area (Å²) in [4.78, 5) is 7.26. The fraction of sp³-hybridized carbons (Fsp3) is 0.344. The maximum absolute atomic E-state index is 6.88. The molecule has 7 heteroatoms. The lowest BCUT2D eigenvalue weighted by Crippen LogP contribution is -2.28. The zero-order chi connectivity index (χ0) is 27.2. The number of nitrogens with zero attached hydrogens (tertiary/aromatic N) is 3. The minimum absolute atomic E-state index is 0.0674. The summed E-state index contributed by atoms with van der Waals surface area (Å²) >= 11 is 6.88. The van der Waals surface area contributed by atoms with E-state index >= 15 is 0 Å². The number of benzene rings is 3. The minimum atomic E-state index is 0.0674. The Morgan fingerprint density at radius 1 is 0.949 bits per heavy atom. The summed E-state index contributed by atoms with van der Waals surface area (Å²) in [5, 5.41) is 0.546. The zero-order valence-corrected chi connectivity index (χ0v) is 23.7. The van der Waals surface area contributed by atoms with Crippen LogP contribution in [0.2, 0.25) is 5.15 Å². The van der Waals surface area contributed by atoms with E-state index in [1.807, 2.05) is 37.3 Å². The molecule has 0 fully saturated rings. The van der Waals surface area contributed by atoms with Crippen molar-refractivity contribution in [2.24, 2.45) is 0 Å². The highest BCUT2D eigenvalue weighted by Crippen LogP contribution is 2.36. The van der Waals surface area contributed by atoms with E-state index in [1.54, 1.807) is 0 Å². The van der Waals surface area contributed by atoms with Gasteiger partial charge in [-0.05, 0) is 55.7 Å². The lowest BCUT2D eigenvalue weighted by atomic mass is 10.0. The van der Waals surface area contributed by atoms with Gasteiger partial charge in [0.2, 0.25) is 0 Å². The molecule has 204 valence electrons. The molecule has 5 rings (SSSR count). The Hall–Kier alpha value is -3.48. The number of rotatable bonds is 11. The Morgan fingerprint density at radius 3 is 2.51 bits per heavy atom. The molecule has 0 saturated heterocycles. The molecule has 6 nitrogen and oxygen atoms in total. The predicted molar refractivity (Wildman–Crippen MR) is 156 cm³/mol. The van der Waals surface area contributed by atoms with Crippen molar-refractivity contribution in [3.8, 4) is 28.6 Å². The number of aromatic nitrogens is 2. The van der Waals surface area contributed by atoms with Crippen molar-refractivity contribution in [2.75, 3.05) is 19.8 Å². The summed E-state index contributed by atoms with van der Waals surface area (Å²) in [6.07, 6.45) is 0.980. The van der Waals surface area contributed by atoms with Crippen molar-refractivity contribution >= 4 is 11.6 Å². The summed E-state index contributed by atoms with van der Waals surface area (Å²) in [5.74, 6) is 3.37. The topological polar surface area (TPSA) is 48.8 Å². The van der Waals surface area contributed by atoms with Gasteiger partial charge in [0.25, 0.3) is 0 Å². The molecule has 1 aliphatic heterocycles. The normalized spacial score (nSPS) is 13.5. The van der Waals surface area contributed by atoms with Crippen LogP contribution >= 0.6 is 11.6 Å². The summed E-state index contributed by atoms with van der Waals surface area (Å²) < 4.78 is 19.7. The number of hydrogen-bond donors (Lipinski definition) is 0. The number of ether oxygens (including phenoxy) is 3. The van der Waals surface area contributed by atoms with Crippen LogP contribution < -0.4 is 14.2 Å². The highest BCUT2D eigenvalue weighted by atomic mass is 35.5. The molecule has 39 heavy (non-hydrogen) atoms. The van der Waals surface area contributed by atoms with E-state index in [0.29, 0.717) is 38.1 Å². The number of halogens is 1.